The highest BCUT2D eigenvalue weighted by Gasteiger charge is 1.97. The molecule has 0 aromatic carbocycles. The van der Waals surface area contributed by atoms with Gasteiger partial charge in [-0.2, -0.15) is 9.37 Å². The summed E-state index contributed by atoms with van der Waals surface area (Å²) in [6.07, 6.45) is -0.662. The van der Waals surface area contributed by atoms with E-state index >= 15 is 0 Å². The fourth-order valence-corrected chi connectivity index (χ4v) is 0.424. The van der Waals surface area contributed by atoms with Gasteiger partial charge in [-0.1, -0.05) is 0 Å². The molecule has 4 heteroatoms. The topological polar surface area (TPSA) is 30.7 Å². The van der Waals surface area contributed by atoms with Gasteiger partial charge in [-0.15, -0.1) is 5.10 Å². The maximum atomic E-state index is 11.9. The maximum Gasteiger partial charge on any atom is 0.327 e. The molecule has 1 heterocycles. The molecule has 1 aromatic heterocycles. The summed E-state index contributed by atoms with van der Waals surface area (Å²) in [6, 6.07) is 0. The molecule has 0 spiro atoms. The Kier molecular flexibility index (Phi) is 1.00. The average Bonchev–Trinajstić information content (AvgIpc) is 1.85. The number of rotatable bonds is 0. The van der Waals surface area contributed by atoms with Crippen LogP contribution in [0.4, 0.5) is 4.39 Å². The van der Waals surface area contributed by atoms with Crippen LogP contribution in [0.5, 0.6) is 0 Å². The van der Waals surface area contributed by atoms with Crippen molar-refractivity contribution in [2.24, 2.45) is 7.05 Å². The third kappa shape index (κ3) is 0.685. The Hall–Kier alpha value is -0.930. The third-order valence-corrected chi connectivity index (χ3v) is 0.955. The summed E-state index contributed by atoms with van der Waals surface area (Å²) in [5.41, 5.74) is 0. The lowest BCUT2D eigenvalue weighted by atomic mass is 10.7. The van der Waals surface area contributed by atoms with Gasteiger partial charge in [0.25, 0.3) is 0 Å². The molecule has 0 atom stereocenters. The van der Waals surface area contributed by atoms with Crippen molar-refractivity contribution in [1.29, 1.82) is 0 Å². The minimum Gasteiger partial charge on any atom is -0.251 e. The lowest BCUT2D eigenvalue weighted by Crippen LogP contribution is -1.92. The summed E-state index contributed by atoms with van der Waals surface area (Å²) in [6.45, 7) is 1.69. The average molecular weight is 115 g/mol. The van der Waals surface area contributed by atoms with E-state index in [1.807, 2.05) is 0 Å². The number of nitrogens with zero attached hydrogens (tertiary/aromatic N) is 3. The first-order chi connectivity index (χ1) is 3.70. The van der Waals surface area contributed by atoms with Gasteiger partial charge in [0.05, 0.1) is 0 Å². The molecule has 3 nitrogen and oxygen atoms in total. The molecule has 0 fully saturated rings. The molecule has 8 heavy (non-hydrogen) atoms. The van der Waals surface area contributed by atoms with E-state index in [1.165, 1.54) is 4.68 Å². The molecule has 0 saturated carbocycles. The van der Waals surface area contributed by atoms with Crippen molar-refractivity contribution in [3.63, 3.8) is 0 Å². The third-order valence-electron chi connectivity index (χ3n) is 0.955. The lowest BCUT2D eigenvalue weighted by Gasteiger charge is -1.84. The van der Waals surface area contributed by atoms with Gasteiger partial charge in [0.15, 0.2) is 0 Å². The lowest BCUT2D eigenvalue weighted by molar-refractivity contribution is 0.528. The predicted molar refractivity (Wildman–Crippen MR) is 25.7 cm³/mol. The minimum absolute atomic E-state index is 0.586. The molecule has 0 saturated heterocycles. The standard InChI is InChI=1S/C4H6FN3/c1-3-6-4(5)7-8(3)2/h1-2H3. The summed E-state index contributed by atoms with van der Waals surface area (Å²) in [5, 5.41) is 3.35. The van der Waals surface area contributed by atoms with Crippen molar-refractivity contribution in [1.82, 2.24) is 14.8 Å². The molecule has 0 amide bonds. The number of hydrogen-bond acceptors (Lipinski definition) is 2. The number of hydrogen-bond donors (Lipinski definition) is 0. The first-order valence-electron chi connectivity index (χ1n) is 2.23. The van der Waals surface area contributed by atoms with Gasteiger partial charge < -0.3 is 0 Å². The normalized spacial score (nSPS) is 9.88. The second-order valence-corrected chi connectivity index (χ2v) is 1.55. The minimum atomic E-state index is -0.662. The monoisotopic (exact) mass is 115 g/mol. The summed E-state index contributed by atoms with van der Waals surface area (Å²) in [4.78, 5) is 3.40. The molecule has 1 aromatic rings. The zero-order valence-corrected chi connectivity index (χ0v) is 4.72. The van der Waals surface area contributed by atoms with E-state index in [1.54, 1.807) is 14.0 Å². The van der Waals surface area contributed by atoms with Crippen LogP contribution in [-0.4, -0.2) is 14.8 Å². The van der Waals surface area contributed by atoms with Crippen LogP contribution in [0.3, 0.4) is 0 Å². The van der Waals surface area contributed by atoms with Crippen molar-refractivity contribution in [2.75, 3.05) is 0 Å². The van der Waals surface area contributed by atoms with E-state index in [-0.39, 0.29) is 0 Å². The summed E-state index contributed by atoms with van der Waals surface area (Å²) in [7, 11) is 1.64. The molecule has 0 bridgehead atoms. The predicted octanol–water partition coefficient (Wildman–Crippen LogP) is 0.263. The van der Waals surface area contributed by atoms with Crippen LogP contribution >= 0.6 is 0 Å². The quantitative estimate of drug-likeness (QED) is 0.485. The maximum absolute atomic E-state index is 11.9. The van der Waals surface area contributed by atoms with E-state index in [0.29, 0.717) is 5.82 Å². The number of aromatic nitrogens is 3. The van der Waals surface area contributed by atoms with E-state index < -0.39 is 6.08 Å². The van der Waals surface area contributed by atoms with Crippen molar-refractivity contribution in [3.05, 3.63) is 11.9 Å². The first kappa shape index (κ1) is 5.21. The molecule has 0 aliphatic heterocycles. The van der Waals surface area contributed by atoms with E-state index in [4.69, 9.17) is 0 Å². The van der Waals surface area contributed by atoms with Crippen LogP contribution in [-0.2, 0) is 7.05 Å². The van der Waals surface area contributed by atoms with Crippen molar-refractivity contribution >= 4 is 0 Å². The van der Waals surface area contributed by atoms with Crippen molar-refractivity contribution in [3.8, 4) is 0 Å². The van der Waals surface area contributed by atoms with Gasteiger partial charge in [-0.3, -0.25) is 4.68 Å². The summed E-state index contributed by atoms with van der Waals surface area (Å²) in [5.74, 6) is 0.586. The largest absolute Gasteiger partial charge is 0.327 e. The summed E-state index contributed by atoms with van der Waals surface area (Å²) < 4.78 is 13.3. The second-order valence-electron chi connectivity index (χ2n) is 1.55. The number of halogens is 1. The van der Waals surface area contributed by atoms with Gasteiger partial charge in [0, 0.05) is 7.05 Å². The molecular formula is C4H6FN3. The van der Waals surface area contributed by atoms with Gasteiger partial charge >= 0.3 is 6.08 Å². The molecule has 1 rings (SSSR count). The molecule has 0 aliphatic carbocycles. The molecule has 0 unspecified atom stereocenters. The molecule has 44 valence electrons. The number of aryl methyl sites for hydroxylation is 2. The van der Waals surface area contributed by atoms with Crippen LogP contribution in [0.15, 0.2) is 0 Å². The molecule has 0 aliphatic rings. The molecular weight excluding hydrogens is 109 g/mol. The highest BCUT2D eigenvalue weighted by Crippen LogP contribution is 1.89. The Bertz CT molecular complexity index is 174. The Morgan fingerprint density at radius 2 is 2.25 bits per heavy atom. The fraction of sp³-hybridized carbons (Fsp3) is 0.500. The van der Waals surface area contributed by atoms with Gasteiger partial charge in [0.1, 0.15) is 5.82 Å². The molecule has 0 N–H and O–H groups in total. The van der Waals surface area contributed by atoms with E-state index in [9.17, 15) is 4.39 Å². The van der Waals surface area contributed by atoms with E-state index in [0.717, 1.165) is 0 Å². The van der Waals surface area contributed by atoms with Crippen LogP contribution in [0, 0.1) is 13.0 Å². The smallest absolute Gasteiger partial charge is 0.251 e. The van der Waals surface area contributed by atoms with Crippen LogP contribution < -0.4 is 0 Å². The Balaban J connectivity index is 3.14. The fourth-order valence-electron chi connectivity index (χ4n) is 0.424. The van der Waals surface area contributed by atoms with Crippen LogP contribution in [0.1, 0.15) is 5.82 Å². The highest BCUT2D eigenvalue weighted by atomic mass is 19.1. The zero-order chi connectivity index (χ0) is 6.15. The van der Waals surface area contributed by atoms with Crippen LogP contribution in [0.2, 0.25) is 0 Å². The summed E-state index contributed by atoms with van der Waals surface area (Å²) >= 11 is 0. The Morgan fingerprint density at radius 1 is 1.62 bits per heavy atom. The zero-order valence-electron chi connectivity index (χ0n) is 4.72. The van der Waals surface area contributed by atoms with Gasteiger partial charge in [-0.05, 0) is 6.92 Å². The SMILES string of the molecule is Cc1nc(F)nn1C. The molecule has 0 radical (unpaired) electrons. The first-order valence-corrected chi connectivity index (χ1v) is 2.23. The van der Waals surface area contributed by atoms with Crippen molar-refractivity contribution < 1.29 is 4.39 Å². The van der Waals surface area contributed by atoms with Gasteiger partial charge in [0.2, 0.25) is 0 Å². The highest BCUT2D eigenvalue weighted by molar-refractivity contribution is 4.77. The Labute approximate surface area is 46.2 Å². The van der Waals surface area contributed by atoms with Crippen molar-refractivity contribution in [2.45, 2.75) is 6.92 Å². The Morgan fingerprint density at radius 3 is 2.38 bits per heavy atom. The van der Waals surface area contributed by atoms with Crippen LogP contribution in [0.25, 0.3) is 0 Å². The van der Waals surface area contributed by atoms with E-state index in [2.05, 4.69) is 10.1 Å². The van der Waals surface area contributed by atoms with Gasteiger partial charge in [-0.25, -0.2) is 0 Å². The second kappa shape index (κ2) is 1.54.